The van der Waals surface area contributed by atoms with E-state index in [9.17, 15) is 18.0 Å². The van der Waals surface area contributed by atoms with Crippen LogP contribution in [0.15, 0.2) is 42.5 Å². The van der Waals surface area contributed by atoms with Gasteiger partial charge in [0, 0.05) is 22.6 Å². The molecule has 0 saturated heterocycles. The molecule has 2 amide bonds. The quantitative estimate of drug-likeness (QED) is 0.411. The van der Waals surface area contributed by atoms with E-state index in [0.29, 0.717) is 11.4 Å². The molecule has 2 aromatic rings. The number of rotatable bonds is 11. The number of hydrogen-bond donors (Lipinski definition) is 1. The van der Waals surface area contributed by atoms with E-state index in [1.807, 2.05) is 13.8 Å². The molecular weight excluding hydrogens is 533 g/mol. The fourth-order valence-corrected chi connectivity index (χ4v) is 4.83. The molecule has 0 aliphatic carbocycles. The molecule has 0 aliphatic heterocycles. The number of halogens is 3. The number of sulfonamides is 1. The maximum absolute atomic E-state index is 13.6. The lowest BCUT2D eigenvalue weighted by Crippen LogP contribution is -2.53. The first-order chi connectivity index (χ1) is 16.4. The summed E-state index contributed by atoms with van der Waals surface area (Å²) in [5.41, 5.74) is 0.822. The van der Waals surface area contributed by atoms with Crippen molar-refractivity contribution in [2.75, 3.05) is 17.1 Å². The van der Waals surface area contributed by atoms with Crippen molar-refractivity contribution in [3.63, 3.8) is 0 Å². The maximum Gasteiger partial charge on any atom is 0.244 e. The van der Waals surface area contributed by atoms with Gasteiger partial charge in [-0.1, -0.05) is 60.8 Å². The van der Waals surface area contributed by atoms with Gasteiger partial charge in [-0.25, -0.2) is 8.42 Å². The smallest absolute Gasteiger partial charge is 0.244 e. The van der Waals surface area contributed by atoms with E-state index >= 15 is 0 Å². The van der Waals surface area contributed by atoms with E-state index in [-0.39, 0.29) is 34.2 Å². The minimum Gasteiger partial charge on any atom is -0.352 e. The zero-order valence-corrected chi connectivity index (χ0v) is 23.2. The lowest BCUT2D eigenvalue weighted by Gasteiger charge is -2.33. The molecule has 0 spiro atoms. The summed E-state index contributed by atoms with van der Waals surface area (Å²) in [6.45, 7) is 5.15. The van der Waals surface area contributed by atoms with Crippen molar-refractivity contribution >= 4 is 62.3 Å². The second-order valence-electron chi connectivity index (χ2n) is 8.26. The molecule has 2 rings (SSSR count). The highest BCUT2D eigenvalue weighted by molar-refractivity contribution is 7.92. The van der Waals surface area contributed by atoms with Crippen molar-refractivity contribution in [1.82, 2.24) is 10.2 Å². The van der Waals surface area contributed by atoms with Crippen molar-refractivity contribution in [2.45, 2.75) is 52.2 Å². The van der Waals surface area contributed by atoms with Gasteiger partial charge in [0.05, 0.1) is 17.0 Å². The second kappa shape index (κ2) is 12.8. The molecule has 0 bridgehead atoms. The minimum atomic E-state index is -3.92. The largest absolute Gasteiger partial charge is 0.352 e. The summed E-state index contributed by atoms with van der Waals surface area (Å²) in [4.78, 5) is 28.1. The van der Waals surface area contributed by atoms with Gasteiger partial charge in [-0.05, 0) is 55.7 Å². The zero-order chi connectivity index (χ0) is 26.3. The average molecular weight is 563 g/mol. The number of anilines is 1. The molecule has 0 aromatic heterocycles. The molecule has 2 aromatic carbocycles. The molecular formula is C24H30Cl3N3O4S. The van der Waals surface area contributed by atoms with Gasteiger partial charge in [0.25, 0.3) is 0 Å². The van der Waals surface area contributed by atoms with E-state index in [4.69, 9.17) is 34.8 Å². The van der Waals surface area contributed by atoms with Gasteiger partial charge in [-0.3, -0.25) is 13.9 Å². The van der Waals surface area contributed by atoms with Crippen molar-refractivity contribution in [3.8, 4) is 0 Å². The number of amides is 2. The van der Waals surface area contributed by atoms with Gasteiger partial charge in [0.2, 0.25) is 21.8 Å². The summed E-state index contributed by atoms with van der Waals surface area (Å²) in [6, 6.07) is 10.4. The van der Waals surface area contributed by atoms with Crippen LogP contribution in [0.25, 0.3) is 0 Å². The number of carbonyl (C=O) groups is 2. The normalized spacial score (nSPS) is 13.1. The molecule has 0 radical (unpaired) electrons. The van der Waals surface area contributed by atoms with Crippen LogP contribution in [0.5, 0.6) is 0 Å². The van der Waals surface area contributed by atoms with Crippen LogP contribution in [-0.4, -0.2) is 50.0 Å². The first-order valence-electron chi connectivity index (χ1n) is 11.1. The second-order valence-corrected chi connectivity index (χ2v) is 11.4. The van der Waals surface area contributed by atoms with Gasteiger partial charge >= 0.3 is 0 Å². The Morgan fingerprint density at radius 1 is 0.971 bits per heavy atom. The molecule has 0 unspecified atom stereocenters. The minimum absolute atomic E-state index is 0.0816. The van der Waals surface area contributed by atoms with E-state index in [1.165, 1.54) is 23.1 Å². The lowest BCUT2D eigenvalue weighted by atomic mass is 10.1. The molecule has 11 heteroatoms. The number of nitrogens with zero attached hydrogens (tertiary/aromatic N) is 2. The Morgan fingerprint density at radius 2 is 1.57 bits per heavy atom. The van der Waals surface area contributed by atoms with Crippen LogP contribution in [0.2, 0.25) is 15.1 Å². The zero-order valence-electron chi connectivity index (χ0n) is 20.1. The van der Waals surface area contributed by atoms with Gasteiger partial charge in [0.1, 0.15) is 12.6 Å². The standard InChI is InChI=1S/C24H30Cl3N3O4S/c1-5-16(3)28-24(32)21(6-2)29(14-17-7-9-18(25)10-8-17)23(31)15-30(35(4,33)34)22-13-19(26)11-12-20(22)27/h7-13,16,21H,5-6,14-15H2,1-4H3,(H,28,32)/t16-,21+/m0/s1. The molecule has 0 heterocycles. The number of carbonyl (C=O) groups excluding carboxylic acids is 2. The summed E-state index contributed by atoms with van der Waals surface area (Å²) < 4.78 is 26.2. The van der Waals surface area contributed by atoms with E-state index in [1.54, 1.807) is 31.2 Å². The molecule has 35 heavy (non-hydrogen) atoms. The van der Waals surface area contributed by atoms with E-state index in [0.717, 1.165) is 22.5 Å². The average Bonchev–Trinajstić information content (AvgIpc) is 2.79. The molecule has 0 fully saturated rings. The van der Waals surface area contributed by atoms with Gasteiger partial charge < -0.3 is 10.2 Å². The fraction of sp³-hybridized carbons (Fsp3) is 0.417. The summed E-state index contributed by atoms with van der Waals surface area (Å²) in [7, 11) is -3.92. The van der Waals surface area contributed by atoms with Crippen LogP contribution >= 0.6 is 34.8 Å². The van der Waals surface area contributed by atoms with Crippen LogP contribution in [0.1, 0.15) is 39.2 Å². The summed E-state index contributed by atoms with van der Waals surface area (Å²) in [5, 5.41) is 3.84. The number of benzene rings is 2. The Bertz CT molecular complexity index is 1140. The van der Waals surface area contributed by atoms with Gasteiger partial charge in [0.15, 0.2) is 0 Å². The highest BCUT2D eigenvalue weighted by atomic mass is 35.5. The Kier molecular flexibility index (Phi) is 10.7. The summed E-state index contributed by atoms with van der Waals surface area (Å²) in [6.07, 6.45) is 2.04. The third-order valence-corrected chi connectivity index (χ3v) is 7.44. The summed E-state index contributed by atoms with van der Waals surface area (Å²) >= 11 is 18.3. The highest BCUT2D eigenvalue weighted by Gasteiger charge is 2.32. The first kappa shape index (κ1) is 29.2. The fourth-order valence-electron chi connectivity index (χ4n) is 3.42. The maximum atomic E-state index is 13.6. The van der Waals surface area contributed by atoms with E-state index in [2.05, 4.69) is 5.32 Å². The molecule has 192 valence electrons. The first-order valence-corrected chi connectivity index (χ1v) is 14.1. The van der Waals surface area contributed by atoms with Gasteiger partial charge in [-0.15, -0.1) is 0 Å². The molecule has 0 aliphatic rings. The van der Waals surface area contributed by atoms with Crippen molar-refractivity contribution in [2.24, 2.45) is 0 Å². The monoisotopic (exact) mass is 561 g/mol. The van der Waals surface area contributed by atoms with E-state index < -0.39 is 28.5 Å². The lowest BCUT2D eigenvalue weighted by molar-refractivity contribution is -0.140. The van der Waals surface area contributed by atoms with Crippen LogP contribution < -0.4 is 9.62 Å². The Balaban J connectivity index is 2.47. The predicted molar refractivity (Wildman–Crippen MR) is 143 cm³/mol. The Morgan fingerprint density at radius 3 is 2.11 bits per heavy atom. The molecule has 7 nitrogen and oxygen atoms in total. The Hall–Kier alpha value is -2.00. The predicted octanol–water partition coefficient (Wildman–Crippen LogP) is 5.13. The topological polar surface area (TPSA) is 86.8 Å². The Labute approximate surface area is 222 Å². The van der Waals surface area contributed by atoms with Gasteiger partial charge in [-0.2, -0.15) is 0 Å². The molecule has 1 N–H and O–H groups in total. The molecule has 0 saturated carbocycles. The SMILES string of the molecule is CC[C@H](C(=O)N[C@@H](C)CC)N(Cc1ccc(Cl)cc1)C(=O)CN(c1cc(Cl)ccc1Cl)S(C)(=O)=O. The highest BCUT2D eigenvalue weighted by Crippen LogP contribution is 2.31. The number of nitrogens with one attached hydrogen (secondary N) is 1. The van der Waals surface area contributed by atoms with Crippen LogP contribution in [0.4, 0.5) is 5.69 Å². The third kappa shape index (κ3) is 8.27. The van der Waals surface area contributed by atoms with Crippen LogP contribution in [0.3, 0.4) is 0 Å². The van der Waals surface area contributed by atoms with Crippen LogP contribution in [-0.2, 0) is 26.2 Å². The van der Waals surface area contributed by atoms with Crippen molar-refractivity contribution in [3.05, 3.63) is 63.1 Å². The molecule has 2 atom stereocenters. The third-order valence-electron chi connectivity index (χ3n) is 5.51. The van der Waals surface area contributed by atoms with Crippen molar-refractivity contribution in [1.29, 1.82) is 0 Å². The van der Waals surface area contributed by atoms with Crippen molar-refractivity contribution < 1.29 is 18.0 Å². The number of hydrogen-bond acceptors (Lipinski definition) is 4. The van der Waals surface area contributed by atoms with Crippen LogP contribution in [0, 0.1) is 0 Å². The summed E-state index contributed by atoms with van der Waals surface area (Å²) in [5.74, 6) is -0.872.